The molecule has 0 radical (unpaired) electrons. The van der Waals surface area contributed by atoms with Crippen molar-refractivity contribution in [1.29, 1.82) is 0 Å². The monoisotopic (exact) mass is 387 g/mol. The van der Waals surface area contributed by atoms with Gasteiger partial charge in [-0.1, -0.05) is 41.9 Å². The lowest BCUT2D eigenvalue weighted by Crippen LogP contribution is -2.22. The fraction of sp³-hybridized carbons (Fsp3) is 0.150. The highest BCUT2D eigenvalue weighted by atomic mass is 35.5. The number of furan rings is 1. The third kappa shape index (κ3) is 4.62. The summed E-state index contributed by atoms with van der Waals surface area (Å²) in [6.45, 7) is 2.27. The smallest absolute Gasteiger partial charge is 0.287 e. The van der Waals surface area contributed by atoms with Crippen LogP contribution in [-0.2, 0) is 23.1 Å². The van der Waals surface area contributed by atoms with Crippen molar-refractivity contribution in [3.8, 4) is 0 Å². The summed E-state index contributed by atoms with van der Waals surface area (Å²) in [5.74, 6) is 0.619. The lowest BCUT2D eigenvalue weighted by molar-refractivity contribution is 0.0921. The number of rotatable bonds is 6. The van der Waals surface area contributed by atoms with Gasteiger partial charge in [-0.05, 0) is 48.4 Å². The highest BCUT2D eigenvalue weighted by Gasteiger charge is 2.14. The van der Waals surface area contributed by atoms with E-state index >= 15 is 0 Å². The van der Waals surface area contributed by atoms with Crippen molar-refractivity contribution < 1.29 is 13.4 Å². The minimum Gasteiger partial charge on any atom is -0.455 e. The maximum atomic E-state index is 12.5. The Morgan fingerprint density at radius 2 is 1.92 bits per heavy atom. The van der Waals surface area contributed by atoms with Crippen LogP contribution in [-0.4, -0.2) is 10.1 Å². The molecule has 134 valence electrons. The predicted molar refractivity (Wildman–Crippen MR) is 103 cm³/mol. The molecule has 0 aliphatic heterocycles. The number of nitrogens with one attached hydrogen (secondary N) is 1. The van der Waals surface area contributed by atoms with Crippen LogP contribution in [0.3, 0.4) is 0 Å². The molecule has 1 N–H and O–H groups in total. The molecular weight excluding hydrogens is 370 g/mol. The highest BCUT2D eigenvalue weighted by molar-refractivity contribution is 7.84. The summed E-state index contributed by atoms with van der Waals surface area (Å²) < 4.78 is 18.1. The molecule has 4 nitrogen and oxygen atoms in total. The largest absolute Gasteiger partial charge is 0.455 e. The van der Waals surface area contributed by atoms with E-state index < -0.39 is 10.8 Å². The van der Waals surface area contributed by atoms with E-state index in [9.17, 15) is 9.00 Å². The average molecular weight is 388 g/mol. The Labute approximate surface area is 159 Å². The van der Waals surface area contributed by atoms with E-state index in [4.69, 9.17) is 16.0 Å². The summed E-state index contributed by atoms with van der Waals surface area (Å²) in [5.41, 5.74) is 1.87. The maximum absolute atomic E-state index is 12.5. The van der Waals surface area contributed by atoms with Gasteiger partial charge in [0.25, 0.3) is 5.91 Å². The first-order chi connectivity index (χ1) is 12.5. The van der Waals surface area contributed by atoms with Crippen molar-refractivity contribution in [2.45, 2.75) is 24.1 Å². The van der Waals surface area contributed by atoms with E-state index in [1.165, 1.54) is 0 Å². The second kappa shape index (κ2) is 8.34. The summed E-state index contributed by atoms with van der Waals surface area (Å²) >= 11 is 5.93. The molecular formula is C20H18ClNO3S. The molecule has 0 unspecified atom stereocenters. The molecule has 26 heavy (non-hydrogen) atoms. The topological polar surface area (TPSA) is 59.3 Å². The SMILES string of the molecule is Cc1ccccc1[S@@](=O)Cc1ccc(C(=O)NCc2cccc(Cl)c2)o1. The van der Waals surface area contributed by atoms with Crippen molar-refractivity contribution in [1.82, 2.24) is 5.32 Å². The van der Waals surface area contributed by atoms with E-state index in [1.54, 1.807) is 24.3 Å². The van der Waals surface area contributed by atoms with Gasteiger partial charge in [0.15, 0.2) is 5.76 Å². The summed E-state index contributed by atoms with van der Waals surface area (Å²) in [6.07, 6.45) is 0. The molecule has 0 aliphatic carbocycles. The Morgan fingerprint density at radius 1 is 1.12 bits per heavy atom. The number of hydrogen-bond donors (Lipinski definition) is 1. The van der Waals surface area contributed by atoms with Gasteiger partial charge in [-0.2, -0.15) is 0 Å². The third-order valence-electron chi connectivity index (χ3n) is 3.84. The molecule has 2 aromatic carbocycles. The van der Waals surface area contributed by atoms with Gasteiger partial charge in [0, 0.05) is 16.5 Å². The van der Waals surface area contributed by atoms with Gasteiger partial charge in [0.1, 0.15) is 5.76 Å². The summed E-state index contributed by atoms with van der Waals surface area (Å²) in [4.78, 5) is 13.0. The number of hydrogen-bond acceptors (Lipinski definition) is 3. The number of benzene rings is 2. The van der Waals surface area contributed by atoms with Crippen LogP contribution in [0.15, 0.2) is 70.0 Å². The number of carbonyl (C=O) groups is 1. The van der Waals surface area contributed by atoms with Gasteiger partial charge in [0.2, 0.25) is 0 Å². The fourth-order valence-electron chi connectivity index (χ4n) is 2.51. The zero-order valence-corrected chi connectivity index (χ0v) is 15.8. The zero-order chi connectivity index (χ0) is 18.5. The van der Waals surface area contributed by atoms with Gasteiger partial charge in [-0.3, -0.25) is 9.00 Å². The van der Waals surface area contributed by atoms with Crippen LogP contribution < -0.4 is 5.32 Å². The molecule has 0 spiro atoms. The van der Waals surface area contributed by atoms with Gasteiger partial charge >= 0.3 is 0 Å². The molecule has 1 heterocycles. The molecule has 0 bridgehead atoms. The van der Waals surface area contributed by atoms with Crippen molar-refractivity contribution in [3.05, 3.63) is 88.3 Å². The molecule has 6 heteroatoms. The lowest BCUT2D eigenvalue weighted by Gasteiger charge is -2.05. The van der Waals surface area contributed by atoms with Crippen molar-refractivity contribution >= 4 is 28.3 Å². The number of aryl methyl sites for hydroxylation is 1. The Morgan fingerprint density at radius 3 is 2.69 bits per heavy atom. The molecule has 3 rings (SSSR count). The Bertz CT molecular complexity index is 951. The number of halogens is 1. The molecule has 1 aromatic heterocycles. The maximum Gasteiger partial charge on any atom is 0.287 e. The second-order valence-corrected chi connectivity index (χ2v) is 7.69. The van der Waals surface area contributed by atoms with Crippen LogP contribution in [0.25, 0.3) is 0 Å². The van der Waals surface area contributed by atoms with E-state index in [0.717, 1.165) is 16.0 Å². The van der Waals surface area contributed by atoms with Crippen LogP contribution >= 0.6 is 11.6 Å². The second-order valence-electron chi connectivity index (χ2n) is 5.83. The van der Waals surface area contributed by atoms with Crippen LogP contribution in [0.5, 0.6) is 0 Å². The molecule has 0 aliphatic rings. The van der Waals surface area contributed by atoms with Gasteiger partial charge in [-0.15, -0.1) is 0 Å². The molecule has 1 amide bonds. The molecule has 0 saturated heterocycles. The summed E-state index contributed by atoms with van der Waals surface area (Å²) in [6, 6.07) is 18.1. The van der Waals surface area contributed by atoms with Crippen molar-refractivity contribution in [2.24, 2.45) is 0 Å². The first-order valence-corrected chi connectivity index (χ1v) is 9.78. The first kappa shape index (κ1) is 18.4. The quantitative estimate of drug-likeness (QED) is 0.678. The highest BCUT2D eigenvalue weighted by Crippen LogP contribution is 2.18. The fourth-order valence-corrected chi connectivity index (χ4v) is 3.95. The van der Waals surface area contributed by atoms with Gasteiger partial charge in [-0.25, -0.2) is 0 Å². The molecule has 0 fully saturated rings. The minimum absolute atomic E-state index is 0.198. The summed E-state index contributed by atoms with van der Waals surface area (Å²) in [7, 11) is -1.22. The van der Waals surface area contributed by atoms with E-state index in [2.05, 4.69) is 5.32 Å². The predicted octanol–water partition coefficient (Wildman–Crippen LogP) is 4.48. The first-order valence-electron chi connectivity index (χ1n) is 8.08. The van der Waals surface area contributed by atoms with Gasteiger partial charge < -0.3 is 9.73 Å². The minimum atomic E-state index is -1.22. The standard InChI is InChI=1S/C20H18ClNO3S/c1-14-5-2-3-8-19(14)26(24)13-17-9-10-18(25-17)20(23)22-12-15-6-4-7-16(21)11-15/h2-11H,12-13H2,1H3,(H,22,23)/t26-/m0/s1. The Balaban J connectivity index is 1.61. The molecule has 3 aromatic rings. The van der Waals surface area contributed by atoms with Crippen molar-refractivity contribution in [3.63, 3.8) is 0 Å². The molecule has 0 saturated carbocycles. The van der Waals surface area contributed by atoms with E-state index in [1.807, 2.05) is 43.3 Å². The molecule has 1 atom stereocenters. The normalized spacial score (nSPS) is 11.9. The van der Waals surface area contributed by atoms with Crippen LogP contribution in [0, 0.1) is 6.92 Å². The lowest BCUT2D eigenvalue weighted by atomic mass is 10.2. The van der Waals surface area contributed by atoms with Gasteiger partial charge in [0.05, 0.1) is 16.6 Å². The van der Waals surface area contributed by atoms with E-state index in [0.29, 0.717) is 17.3 Å². The number of amides is 1. The Kier molecular flexibility index (Phi) is 5.91. The zero-order valence-electron chi connectivity index (χ0n) is 14.2. The average Bonchev–Trinajstić information content (AvgIpc) is 3.08. The van der Waals surface area contributed by atoms with Crippen LogP contribution in [0.4, 0.5) is 0 Å². The van der Waals surface area contributed by atoms with E-state index in [-0.39, 0.29) is 17.4 Å². The summed E-state index contributed by atoms with van der Waals surface area (Å²) in [5, 5.41) is 3.40. The third-order valence-corrected chi connectivity index (χ3v) is 5.57. The Hall–Kier alpha value is -2.37. The number of carbonyl (C=O) groups excluding carboxylic acids is 1. The van der Waals surface area contributed by atoms with Crippen LogP contribution in [0.1, 0.15) is 27.4 Å². The van der Waals surface area contributed by atoms with Crippen molar-refractivity contribution in [2.75, 3.05) is 0 Å². The van der Waals surface area contributed by atoms with Crippen LogP contribution in [0.2, 0.25) is 5.02 Å².